The van der Waals surface area contributed by atoms with Crippen LogP contribution in [0.3, 0.4) is 0 Å². The standard InChI is InChI=1S/C23H19N3O4S/c1-30-21-12-11-17(23(27)25-18-8-3-2-4-9-18)14-22(21)31(28,29)26-19-13-16-7-5-6-10-20(16)24-15-19/h2-15,26H,1H3,(H,25,27). The van der Waals surface area contributed by atoms with E-state index in [-0.39, 0.29) is 16.2 Å². The molecule has 0 fully saturated rings. The van der Waals surface area contributed by atoms with Crippen LogP contribution in [0.25, 0.3) is 10.9 Å². The Labute approximate surface area is 179 Å². The van der Waals surface area contributed by atoms with E-state index in [2.05, 4.69) is 15.0 Å². The Balaban J connectivity index is 1.65. The Morgan fingerprint density at radius 3 is 2.42 bits per heavy atom. The third kappa shape index (κ3) is 4.49. The van der Waals surface area contributed by atoms with E-state index in [4.69, 9.17) is 4.74 Å². The predicted octanol–water partition coefficient (Wildman–Crippen LogP) is 4.30. The fourth-order valence-corrected chi connectivity index (χ4v) is 4.32. The number of anilines is 2. The molecule has 4 aromatic rings. The number of hydrogen-bond acceptors (Lipinski definition) is 5. The zero-order valence-corrected chi connectivity index (χ0v) is 17.4. The van der Waals surface area contributed by atoms with Crippen LogP contribution >= 0.6 is 0 Å². The highest BCUT2D eigenvalue weighted by Crippen LogP contribution is 2.28. The van der Waals surface area contributed by atoms with Crippen molar-refractivity contribution in [2.75, 3.05) is 17.1 Å². The van der Waals surface area contributed by atoms with Gasteiger partial charge >= 0.3 is 0 Å². The lowest BCUT2D eigenvalue weighted by molar-refractivity contribution is 0.102. The van der Waals surface area contributed by atoms with Gasteiger partial charge in [-0.05, 0) is 42.5 Å². The third-order valence-electron chi connectivity index (χ3n) is 4.59. The fourth-order valence-electron chi connectivity index (χ4n) is 3.09. The van der Waals surface area contributed by atoms with E-state index >= 15 is 0 Å². The lowest BCUT2D eigenvalue weighted by atomic mass is 10.2. The van der Waals surface area contributed by atoms with Gasteiger partial charge in [-0.2, -0.15) is 0 Å². The number of carbonyl (C=O) groups is 1. The maximum Gasteiger partial charge on any atom is 0.265 e. The zero-order chi connectivity index (χ0) is 21.8. The average Bonchev–Trinajstić information content (AvgIpc) is 2.79. The molecular formula is C23H19N3O4S. The van der Waals surface area contributed by atoms with E-state index in [1.54, 1.807) is 30.3 Å². The Hall–Kier alpha value is -3.91. The highest BCUT2D eigenvalue weighted by atomic mass is 32.2. The number of carbonyl (C=O) groups excluding carboxylic acids is 1. The summed E-state index contributed by atoms with van der Waals surface area (Å²) in [6.07, 6.45) is 1.44. The van der Waals surface area contributed by atoms with Gasteiger partial charge in [0.1, 0.15) is 10.6 Å². The topological polar surface area (TPSA) is 97.4 Å². The predicted molar refractivity (Wildman–Crippen MR) is 120 cm³/mol. The first-order chi connectivity index (χ1) is 15.0. The second-order valence-electron chi connectivity index (χ2n) is 6.71. The van der Waals surface area contributed by atoms with Crippen LogP contribution in [0.2, 0.25) is 0 Å². The van der Waals surface area contributed by atoms with Crippen molar-refractivity contribution in [1.29, 1.82) is 0 Å². The fraction of sp³-hybridized carbons (Fsp3) is 0.0435. The van der Waals surface area contributed by atoms with E-state index < -0.39 is 15.9 Å². The molecule has 8 heteroatoms. The molecule has 0 aliphatic heterocycles. The van der Waals surface area contributed by atoms with Gasteiger partial charge < -0.3 is 10.1 Å². The lowest BCUT2D eigenvalue weighted by Gasteiger charge is -2.13. The first kappa shape index (κ1) is 20.4. The van der Waals surface area contributed by atoms with Crippen LogP contribution in [0.1, 0.15) is 10.4 Å². The van der Waals surface area contributed by atoms with E-state index in [9.17, 15) is 13.2 Å². The van der Waals surface area contributed by atoms with Gasteiger partial charge in [0.15, 0.2) is 0 Å². The minimum absolute atomic E-state index is 0.123. The van der Waals surface area contributed by atoms with Gasteiger partial charge in [0.2, 0.25) is 0 Å². The number of sulfonamides is 1. The summed E-state index contributed by atoms with van der Waals surface area (Å²) in [4.78, 5) is 16.7. The number of methoxy groups -OCH3 is 1. The summed E-state index contributed by atoms with van der Waals surface area (Å²) in [7, 11) is -2.68. The molecule has 31 heavy (non-hydrogen) atoms. The molecule has 0 saturated heterocycles. The van der Waals surface area contributed by atoms with Crippen molar-refractivity contribution in [2.24, 2.45) is 0 Å². The number of para-hydroxylation sites is 2. The molecule has 1 heterocycles. The Morgan fingerprint density at radius 2 is 1.65 bits per heavy atom. The Morgan fingerprint density at radius 1 is 0.903 bits per heavy atom. The number of ether oxygens (including phenoxy) is 1. The summed E-state index contributed by atoms with van der Waals surface area (Å²) in [5.74, 6) is -0.310. The summed E-state index contributed by atoms with van der Waals surface area (Å²) in [5.41, 5.74) is 1.84. The Bertz CT molecular complexity index is 1360. The van der Waals surface area contributed by atoms with Crippen LogP contribution in [-0.2, 0) is 10.0 Å². The van der Waals surface area contributed by atoms with Crippen molar-refractivity contribution in [3.8, 4) is 5.75 Å². The van der Waals surface area contributed by atoms with E-state index in [0.717, 1.165) is 10.9 Å². The van der Waals surface area contributed by atoms with Crippen molar-refractivity contribution < 1.29 is 17.9 Å². The second-order valence-corrected chi connectivity index (χ2v) is 8.36. The monoisotopic (exact) mass is 433 g/mol. The van der Waals surface area contributed by atoms with Gasteiger partial charge in [0.05, 0.1) is 24.5 Å². The van der Waals surface area contributed by atoms with Crippen molar-refractivity contribution in [1.82, 2.24) is 4.98 Å². The highest BCUT2D eigenvalue weighted by molar-refractivity contribution is 7.92. The number of fused-ring (bicyclic) bond motifs is 1. The first-order valence-corrected chi connectivity index (χ1v) is 10.9. The molecule has 1 amide bonds. The molecule has 3 aromatic carbocycles. The van der Waals surface area contributed by atoms with Crippen LogP contribution in [0, 0.1) is 0 Å². The SMILES string of the molecule is COc1ccc(C(=O)Nc2ccccc2)cc1S(=O)(=O)Nc1cnc2ccccc2c1. The van der Waals surface area contributed by atoms with Gasteiger partial charge in [0, 0.05) is 16.6 Å². The van der Waals surface area contributed by atoms with Crippen LogP contribution in [0.5, 0.6) is 5.75 Å². The molecule has 0 atom stereocenters. The van der Waals surface area contributed by atoms with Crippen molar-refractivity contribution in [2.45, 2.75) is 4.90 Å². The van der Waals surface area contributed by atoms with E-state index in [1.807, 2.05) is 30.3 Å². The van der Waals surface area contributed by atoms with Gasteiger partial charge in [-0.3, -0.25) is 14.5 Å². The lowest BCUT2D eigenvalue weighted by Crippen LogP contribution is -2.17. The highest BCUT2D eigenvalue weighted by Gasteiger charge is 2.22. The second kappa shape index (κ2) is 8.45. The van der Waals surface area contributed by atoms with Crippen LogP contribution in [0.4, 0.5) is 11.4 Å². The van der Waals surface area contributed by atoms with E-state index in [0.29, 0.717) is 11.4 Å². The van der Waals surface area contributed by atoms with Crippen LogP contribution < -0.4 is 14.8 Å². The minimum atomic E-state index is -4.05. The Kier molecular flexibility index (Phi) is 5.55. The molecule has 0 unspecified atom stereocenters. The van der Waals surface area contributed by atoms with Crippen molar-refractivity contribution >= 4 is 38.2 Å². The van der Waals surface area contributed by atoms with Crippen LogP contribution in [-0.4, -0.2) is 26.4 Å². The summed E-state index contributed by atoms with van der Waals surface area (Å²) in [6, 6.07) is 22.2. The summed E-state index contributed by atoms with van der Waals surface area (Å²) < 4.78 is 33.9. The van der Waals surface area contributed by atoms with Crippen LogP contribution in [0.15, 0.2) is 90.0 Å². The maximum atomic E-state index is 13.1. The summed E-state index contributed by atoms with van der Waals surface area (Å²) in [6.45, 7) is 0. The number of benzene rings is 3. The first-order valence-electron chi connectivity index (χ1n) is 9.38. The largest absolute Gasteiger partial charge is 0.495 e. The minimum Gasteiger partial charge on any atom is -0.495 e. The number of amides is 1. The van der Waals surface area contributed by atoms with Crippen molar-refractivity contribution in [3.63, 3.8) is 0 Å². The molecule has 0 aliphatic carbocycles. The zero-order valence-electron chi connectivity index (χ0n) is 16.6. The van der Waals surface area contributed by atoms with Gasteiger partial charge in [-0.1, -0.05) is 36.4 Å². The third-order valence-corrected chi connectivity index (χ3v) is 5.99. The molecule has 0 radical (unpaired) electrons. The summed E-state index contributed by atoms with van der Waals surface area (Å²) in [5, 5.41) is 3.54. The van der Waals surface area contributed by atoms with Gasteiger partial charge in [-0.15, -0.1) is 0 Å². The normalized spacial score (nSPS) is 11.1. The number of nitrogens with one attached hydrogen (secondary N) is 2. The molecule has 0 saturated carbocycles. The molecule has 4 rings (SSSR count). The summed E-state index contributed by atoms with van der Waals surface area (Å²) >= 11 is 0. The molecule has 156 valence electrons. The van der Waals surface area contributed by atoms with Crippen molar-refractivity contribution in [3.05, 3.63) is 90.6 Å². The van der Waals surface area contributed by atoms with Gasteiger partial charge in [0.25, 0.3) is 15.9 Å². The maximum absolute atomic E-state index is 13.1. The molecule has 0 aliphatic rings. The number of rotatable bonds is 6. The van der Waals surface area contributed by atoms with Gasteiger partial charge in [-0.25, -0.2) is 8.42 Å². The quantitative estimate of drug-likeness (QED) is 0.473. The molecule has 0 bridgehead atoms. The molecule has 0 spiro atoms. The molecule has 1 aromatic heterocycles. The molecule has 2 N–H and O–H groups in total. The van der Waals surface area contributed by atoms with E-state index in [1.165, 1.54) is 31.5 Å². The number of aromatic nitrogens is 1. The molecular weight excluding hydrogens is 414 g/mol. The number of hydrogen-bond donors (Lipinski definition) is 2. The smallest absolute Gasteiger partial charge is 0.265 e. The number of nitrogens with zero attached hydrogens (tertiary/aromatic N) is 1. The molecule has 7 nitrogen and oxygen atoms in total. The number of pyridine rings is 1. The average molecular weight is 433 g/mol.